The summed E-state index contributed by atoms with van der Waals surface area (Å²) in [4.78, 5) is 16.0. The van der Waals surface area contributed by atoms with Crippen molar-refractivity contribution in [2.75, 3.05) is 19.0 Å². The lowest BCUT2D eigenvalue weighted by atomic mass is 10.2. The second kappa shape index (κ2) is 5.53. The summed E-state index contributed by atoms with van der Waals surface area (Å²) in [6.45, 7) is 2.84. The molecule has 96 valence electrons. The van der Waals surface area contributed by atoms with Gasteiger partial charge < -0.3 is 14.5 Å². The number of aromatic nitrogens is 1. The highest BCUT2D eigenvalue weighted by molar-refractivity contribution is 5.79. The van der Waals surface area contributed by atoms with E-state index in [1.165, 1.54) is 0 Å². The van der Waals surface area contributed by atoms with Crippen LogP contribution in [0.5, 0.6) is 5.75 Å². The fourth-order valence-corrected chi connectivity index (χ4v) is 1.63. The molecule has 0 atom stereocenters. The van der Waals surface area contributed by atoms with Gasteiger partial charge in [0.15, 0.2) is 0 Å². The number of hydrogen-bond acceptors (Lipinski definition) is 5. The van der Waals surface area contributed by atoms with E-state index in [1.807, 2.05) is 0 Å². The molecule has 1 N–H and O–H groups in total. The highest BCUT2D eigenvalue weighted by Crippen LogP contribution is 2.17. The van der Waals surface area contributed by atoms with Gasteiger partial charge in [-0.1, -0.05) is 13.3 Å². The summed E-state index contributed by atoms with van der Waals surface area (Å²) in [5.41, 5.74) is 0.198. The van der Waals surface area contributed by atoms with Crippen LogP contribution in [0.15, 0.2) is 27.4 Å². The van der Waals surface area contributed by atoms with Crippen LogP contribution in [0.25, 0.3) is 10.9 Å². The Bertz CT molecular complexity index is 592. The third-order valence-electron chi connectivity index (χ3n) is 2.64. The zero-order valence-corrected chi connectivity index (χ0v) is 10.5. The van der Waals surface area contributed by atoms with E-state index in [1.54, 1.807) is 25.3 Å². The highest BCUT2D eigenvalue weighted by atomic mass is 16.5. The van der Waals surface area contributed by atoms with Crippen molar-refractivity contribution in [1.29, 1.82) is 0 Å². The second-order valence-electron chi connectivity index (χ2n) is 3.97. The second-order valence-corrected chi connectivity index (χ2v) is 3.97. The Morgan fingerprint density at radius 2 is 2.28 bits per heavy atom. The first kappa shape index (κ1) is 12.4. The minimum atomic E-state index is -0.405. The largest absolute Gasteiger partial charge is 0.497 e. The van der Waals surface area contributed by atoms with Gasteiger partial charge in [0.2, 0.25) is 0 Å². The minimum absolute atomic E-state index is 0.270. The van der Waals surface area contributed by atoms with E-state index in [2.05, 4.69) is 17.2 Å². The summed E-state index contributed by atoms with van der Waals surface area (Å²) in [7, 11) is 1.55. The van der Waals surface area contributed by atoms with E-state index in [4.69, 9.17) is 9.15 Å². The molecule has 2 aromatic rings. The first-order chi connectivity index (χ1) is 8.74. The van der Waals surface area contributed by atoms with Gasteiger partial charge in [-0.3, -0.25) is 0 Å². The Balaban J connectivity index is 2.34. The number of nitrogens with zero attached hydrogens (tertiary/aromatic N) is 1. The van der Waals surface area contributed by atoms with E-state index in [0.29, 0.717) is 16.7 Å². The molecule has 0 saturated carbocycles. The summed E-state index contributed by atoms with van der Waals surface area (Å²) in [6.07, 6.45) is 2.08. The molecule has 0 bridgehead atoms. The minimum Gasteiger partial charge on any atom is -0.497 e. The molecular formula is C13H16N2O3. The van der Waals surface area contributed by atoms with Gasteiger partial charge in [-0.15, -0.1) is 0 Å². The number of unbranched alkanes of at least 4 members (excludes halogenated alkanes) is 1. The number of benzene rings is 1. The molecule has 0 spiro atoms. The van der Waals surface area contributed by atoms with E-state index in [-0.39, 0.29) is 6.01 Å². The predicted octanol–water partition coefficient (Wildman–Crippen LogP) is 2.41. The van der Waals surface area contributed by atoms with Crippen LogP contribution in [-0.4, -0.2) is 18.6 Å². The molecule has 5 nitrogen and oxygen atoms in total. The summed E-state index contributed by atoms with van der Waals surface area (Å²) < 4.78 is 10.2. The maximum atomic E-state index is 11.8. The van der Waals surface area contributed by atoms with E-state index < -0.39 is 5.63 Å². The molecule has 1 aromatic carbocycles. The SMILES string of the molecule is CCCCNc1nc2ccc(OC)cc2c(=O)o1. The van der Waals surface area contributed by atoms with Gasteiger partial charge in [0.1, 0.15) is 5.75 Å². The summed E-state index contributed by atoms with van der Waals surface area (Å²) in [5, 5.41) is 3.42. The van der Waals surface area contributed by atoms with E-state index in [9.17, 15) is 4.79 Å². The van der Waals surface area contributed by atoms with Crippen LogP contribution in [0.1, 0.15) is 19.8 Å². The molecule has 5 heteroatoms. The topological polar surface area (TPSA) is 64.4 Å². The van der Waals surface area contributed by atoms with E-state index in [0.717, 1.165) is 19.4 Å². The molecule has 0 saturated heterocycles. The van der Waals surface area contributed by atoms with Crippen molar-refractivity contribution in [2.24, 2.45) is 0 Å². The van der Waals surface area contributed by atoms with Crippen LogP contribution < -0.4 is 15.7 Å². The standard InChI is InChI=1S/C13H16N2O3/c1-3-4-7-14-13-15-11-6-5-9(17-2)8-10(11)12(16)18-13/h5-6,8H,3-4,7H2,1-2H3,(H,14,15). The lowest BCUT2D eigenvalue weighted by molar-refractivity contribution is 0.415. The molecule has 2 rings (SSSR count). The van der Waals surface area contributed by atoms with Crippen molar-refractivity contribution >= 4 is 16.9 Å². The number of rotatable bonds is 5. The van der Waals surface area contributed by atoms with Gasteiger partial charge in [-0.25, -0.2) is 4.79 Å². The average molecular weight is 248 g/mol. The molecule has 18 heavy (non-hydrogen) atoms. The number of hydrogen-bond donors (Lipinski definition) is 1. The maximum absolute atomic E-state index is 11.8. The molecule has 0 aliphatic carbocycles. The lowest BCUT2D eigenvalue weighted by Crippen LogP contribution is -2.08. The zero-order chi connectivity index (χ0) is 13.0. The lowest BCUT2D eigenvalue weighted by Gasteiger charge is -2.04. The number of fused-ring (bicyclic) bond motifs is 1. The zero-order valence-electron chi connectivity index (χ0n) is 10.5. The van der Waals surface area contributed by atoms with Crippen molar-refractivity contribution in [1.82, 2.24) is 4.98 Å². The van der Waals surface area contributed by atoms with Gasteiger partial charge in [0, 0.05) is 6.54 Å². The van der Waals surface area contributed by atoms with Gasteiger partial charge in [-0.2, -0.15) is 4.98 Å². The number of methoxy groups -OCH3 is 1. The van der Waals surface area contributed by atoms with Crippen molar-refractivity contribution in [2.45, 2.75) is 19.8 Å². The van der Waals surface area contributed by atoms with Crippen LogP contribution in [0, 0.1) is 0 Å². The van der Waals surface area contributed by atoms with Gasteiger partial charge in [0.25, 0.3) is 6.01 Å². The fraction of sp³-hybridized carbons (Fsp3) is 0.385. The number of nitrogens with one attached hydrogen (secondary N) is 1. The first-order valence-corrected chi connectivity index (χ1v) is 5.97. The Kier molecular flexibility index (Phi) is 3.82. The third kappa shape index (κ3) is 2.61. The number of ether oxygens (including phenoxy) is 1. The molecule has 0 aliphatic rings. The van der Waals surface area contributed by atoms with Crippen molar-refractivity contribution in [3.05, 3.63) is 28.6 Å². The Morgan fingerprint density at radius 1 is 1.44 bits per heavy atom. The predicted molar refractivity (Wildman–Crippen MR) is 70.2 cm³/mol. The van der Waals surface area contributed by atoms with Crippen LogP contribution in [0.2, 0.25) is 0 Å². The Labute approximate surface area is 105 Å². The first-order valence-electron chi connectivity index (χ1n) is 5.97. The smallest absolute Gasteiger partial charge is 0.348 e. The molecule has 0 amide bonds. The van der Waals surface area contributed by atoms with E-state index >= 15 is 0 Å². The molecule has 0 fully saturated rings. The molecule has 0 radical (unpaired) electrons. The monoisotopic (exact) mass is 248 g/mol. The van der Waals surface area contributed by atoms with Gasteiger partial charge in [0.05, 0.1) is 18.0 Å². The summed E-state index contributed by atoms with van der Waals surface area (Å²) in [5.74, 6) is 0.614. The van der Waals surface area contributed by atoms with Crippen LogP contribution in [0.4, 0.5) is 6.01 Å². The van der Waals surface area contributed by atoms with Gasteiger partial charge >= 0.3 is 5.63 Å². The molecular weight excluding hydrogens is 232 g/mol. The highest BCUT2D eigenvalue weighted by Gasteiger charge is 2.06. The summed E-state index contributed by atoms with van der Waals surface area (Å²) >= 11 is 0. The van der Waals surface area contributed by atoms with Gasteiger partial charge in [-0.05, 0) is 24.6 Å². The van der Waals surface area contributed by atoms with Crippen LogP contribution in [-0.2, 0) is 0 Å². The Morgan fingerprint density at radius 3 is 3.00 bits per heavy atom. The fourth-order valence-electron chi connectivity index (χ4n) is 1.63. The molecule has 0 aliphatic heterocycles. The third-order valence-corrected chi connectivity index (χ3v) is 2.64. The van der Waals surface area contributed by atoms with Crippen LogP contribution >= 0.6 is 0 Å². The maximum Gasteiger partial charge on any atom is 0.348 e. The summed E-state index contributed by atoms with van der Waals surface area (Å²) in [6, 6.07) is 5.41. The molecule has 0 unspecified atom stereocenters. The van der Waals surface area contributed by atoms with Crippen molar-refractivity contribution < 1.29 is 9.15 Å². The van der Waals surface area contributed by atoms with Crippen molar-refractivity contribution in [3.8, 4) is 5.75 Å². The number of anilines is 1. The normalized spacial score (nSPS) is 10.6. The van der Waals surface area contributed by atoms with Crippen molar-refractivity contribution in [3.63, 3.8) is 0 Å². The Hall–Kier alpha value is -2.04. The molecule has 1 aromatic heterocycles. The average Bonchev–Trinajstić information content (AvgIpc) is 2.39. The van der Waals surface area contributed by atoms with Crippen LogP contribution in [0.3, 0.4) is 0 Å². The molecule has 1 heterocycles. The quantitative estimate of drug-likeness (QED) is 0.823.